The molecule has 0 amide bonds. The first-order chi connectivity index (χ1) is 72.6. The average Bonchev–Trinajstić information content (AvgIpc) is 1.58. The molecule has 20 aromatic carbocycles. The third-order valence-electron chi connectivity index (χ3n) is 30.6. The molecule has 0 fully saturated rings. The summed E-state index contributed by atoms with van der Waals surface area (Å²) in [6, 6.07) is 156. The lowest BCUT2D eigenvalue weighted by Crippen LogP contribution is -2.21. The summed E-state index contributed by atoms with van der Waals surface area (Å²) in [7, 11) is 0. The van der Waals surface area contributed by atoms with E-state index < -0.39 is 0 Å². The maximum atomic E-state index is 6.29. The van der Waals surface area contributed by atoms with Gasteiger partial charge in [0.2, 0.25) is 0 Å². The number of nitrogens with zero attached hydrogens (tertiary/aromatic N) is 6. The van der Waals surface area contributed by atoms with Crippen molar-refractivity contribution in [3.8, 4) is 39.3 Å². The van der Waals surface area contributed by atoms with Crippen LogP contribution in [0.5, 0.6) is 0 Å². The van der Waals surface area contributed by atoms with Crippen LogP contribution in [0.4, 0.5) is 0 Å². The van der Waals surface area contributed by atoms with Gasteiger partial charge in [-0.1, -0.05) is 302 Å². The molecular weight excluding hydrogens is 1860 g/mol. The summed E-state index contributed by atoms with van der Waals surface area (Å²) in [4.78, 5) is 0. The molecule has 0 spiro atoms. The number of para-hydroxylation sites is 11. The number of benzene rings is 20. The van der Waals surface area contributed by atoms with Gasteiger partial charge in [0.1, 0.15) is 22.3 Å². The van der Waals surface area contributed by atoms with Gasteiger partial charge in [-0.3, -0.25) is 0 Å². The van der Waals surface area contributed by atoms with Gasteiger partial charge in [0.15, 0.2) is 0 Å². The Labute approximate surface area is 879 Å². The summed E-state index contributed by atoms with van der Waals surface area (Å²) >= 11 is 3.78. The van der Waals surface area contributed by atoms with Gasteiger partial charge in [-0.25, -0.2) is 0 Å². The van der Waals surface area contributed by atoms with Crippen LogP contribution in [0, 0.1) is 0 Å². The predicted molar refractivity (Wildman–Crippen MR) is 648 cm³/mol. The van der Waals surface area contributed by atoms with Crippen LogP contribution >= 0.6 is 22.7 Å². The average molecular weight is 1980 g/mol. The monoisotopic (exact) mass is 1980 g/mol. The number of fused-ring (bicyclic) bond motifs is 30. The fourth-order valence-electron chi connectivity index (χ4n) is 23.8. The third kappa shape index (κ3) is 15.6. The SMILES string of the molecule is CC(C)(C)c1ccc2oc3ccc(-n4c5ccccc5c5ccccc54)cc3c2c1.CC(C)(C)c1ccc2sc3ccc(-n4c5ccccc5c5ccccc54)cc3c2c1.CC(C)(C)n1c2ccccc2c2cc(-c3cccc4c3oc3ccccc34)ccc21.CC(C)(C)n1c2ccccc2c2cc(-c3cccc4c3sc3ccccc34)ccc21.CC(C)(C)n1c2ccccc2c2cc(-n3c4ccccc4c4ccccc43)ccc21. The minimum atomic E-state index is 0.00161. The van der Waals surface area contributed by atoms with E-state index in [1.54, 1.807) is 0 Å². The van der Waals surface area contributed by atoms with Crippen molar-refractivity contribution in [2.75, 3.05) is 0 Å². The van der Waals surface area contributed by atoms with Crippen LogP contribution in [0.2, 0.25) is 0 Å². The van der Waals surface area contributed by atoms with Crippen LogP contribution in [-0.4, -0.2) is 27.4 Å². The summed E-state index contributed by atoms with van der Waals surface area (Å²) in [5, 5.41) is 25.7. The highest BCUT2D eigenvalue weighted by Crippen LogP contribution is 2.49. The lowest BCUT2D eigenvalue weighted by Gasteiger charge is -2.24. The molecule has 0 radical (unpaired) electrons. The Morgan fingerprint density at radius 1 is 0.180 bits per heavy atom. The minimum absolute atomic E-state index is 0.00161. The summed E-state index contributed by atoms with van der Waals surface area (Å²) in [6.45, 7) is 34.1. The van der Waals surface area contributed by atoms with E-state index in [1.165, 1.54) is 227 Å². The smallest absolute Gasteiger partial charge is 0.143 e. The van der Waals surface area contributed by atoms with Gasteiger partial charge >= 0.3 is 0 Å². The Hall–Kier alpha value is -16.8. The Morgan fingerprint density at radius 2 is 0.467 bits per heavy atom. The zero-order valence-electron chi connectivity index (χ0n) is 87.3. The van der Waals surface area contributed by atoms with Crippen molar-refractivity contribution in [1.29, 1.82) is 0 Å². The number of hydrogen-bond donors (Lipinski definition) is 0. The van der Waals surface area contributed by atoms with Crippen molar-refractivity contribution in [2.45, 2.75) is 131 Å². The fourth-order valence-corrected chi connectivity index (χ4v) is 26.1. The van der Waals surface area contributed by atoms with E-state index in [9.17, 15) is 0 Å². The maximum Gasteiger partial charge on any atom is 0.143 e. The molecule has 0 atom stereocenters. The van der Waals surface area contributed by atoms with Crippen LogP contribution in [0.25, 0.3) is 254 Å². The maximum absolute atomic E-state index is 6.29. The number of aromatic nitrogens is 6. The molecule has 730 valence electrons. The van der Waals surface area contributed by atoms with Crippen LogP contribution in [-0.2, 0) is 27.4 Å². The highest BCUT2D eigenvalue weighted by Gasteiger charge is 2.29. The molecule has 0 N–H and O–H groups in total. The summed E-state index contributed by atoms with van der Waals surface area (Å²) in [5.74, 6) is 0. The second kappa shape index (κ2) is 35.5. The molecule has 0 aliphatic carbocycles. The molecule has 0 saturated heterocycles. The molecular formula is C140H116N6O2S2. The van der Waals surface area contributed by atoms with Gasteiger partial charge in [-0.05, 0) is 271 Å². The van der Waals surface area contributed by atoms with E-state index in [0.29, 0.717) is 0 Å². The molecule has 0 saturated carbocycles. The Bertz CT molecular complexity index is 10000. The van der Waals surface area contributed by atoms with Crippen molar-refractivity contribution in [3.05, 3.63) is 442 Å². The molecule has 10 heterocycles. The second-order valence-electron chi connectivity index (χ2n) is 45.4. The second-order valence-corrected chi connectivity index (χ2v) is 47.5. The number of thiophene rings is 2. The van der Waals surface area contributed by atoms with Crippen LogP contribution in [0.1, 0.15) is 115 Å². The van der Waals surface area contributed by atoms with Gasteiger partial charge in [-0.15, -0.1) is 22.7 Å². The molecule has 10 aromatic heterocycles. The molecule has 10 heteroatoms. The van der Waals surface area contributed by atoms with E-state index in [0.717, 1.165) is 39.0 Å². The van der Waals surface area contributed by atoms with E-state index >= 15 is 0 Å². The molecule has 150 heavy (non-hydrogen) atoms. The molecule has 30 rings (SSSR count). The van der Waals surface area contributed by atoms with Gasteiger partial charge in [0, 0.05) is 199 Å². The van der Waals surface area contributed by atoms with E-state index in [1.807, 2.05) is 34.8 Å². The lowest BCUT2D eigenvalue weighted by atomic mass is 9.86. The van der Waals surface area contributed by atoms with E-state index in [2.05, 4.69) is 550 Å². The van der Waals surface area contributed by atoms with Gasteiger partial charge in [0.25, 0.3) is 0 Å². The highest BCUT2D eigenvalue weighted by molar-refractivity contribution is 7.26. The number of hydrogen-bond acceptors (Lipinski definition) is 4. The molecule has 0 bridgehead atoms. The minimum Gasteiger partial charge on any atom is -0.456 e. The molecule has 0 aliphatic rings. The van der Waals surface area contributed by atoms with Crippen molar-refractivity contribution in [2.24, 2.45) is 0 Å². The van der Waals surface area contributed by atoms with Crippen molar-refractivity contribution >= 4 is 238 Å². The third-order valence-corrected chi connectivity index (χ3v) is 33.0. The van der Waals surface area contributed by atoms with Crippen LogP contribution < -0.4 is 0 Å². The van der Waals surface area contributed by atoms with Crippen molar-refractivity contribution < 1.29 is 8.83 Å². The standard InChI is InChI=1S/C28H24N2.2C28H23NO.2C28H23NS/c1-28(2,3)30-26-15-9-6-12-22(26)23-18-19(16-17-27(23)30)29-24-13-7-4-10-20(24)21-11-5-8-14-25(21)29;1-28(2,3)29-24-13-6-4-9-20(24)23-17-18(15-16-25(23)29)19-11-8-12-22-21-10-5-7-14-26(21)30-27(19)22;1-28(2,3)18-12-14-26-22(16-18)23-17-19(13-15-27(23)30-26)29-24-10-6-4-8-20(24)21-9-5-7-11-25(21)29;1-28(2,3)29-24-13-6-4-9-20(24)23-17-18(15-16-25(23)29)19-11-8-12-22-21-10-5-7-14-26(21)30-27(19)22;1-28(2,3)18-12-14-26-22(16-18)23-17-19(13-15-27(23)30-26)29-24-10-6-4-8-20(24)21-9-5-7-11-25(21)29/h4-18H,1-3H3;4*4-17H,1-3H3. The fraction of sp³-hybridized carbons (Fsp3) is 0.143. The van der Waals surface area contributed by atoms with Gasteiger partial charge in [0.05, 0.1) is 33.1 Å². The Morgan fingerprint density at radius 3 is 0.913 bits per heavy atom. The van der Waals surface area contributed by atoms with Gasteiger partial charge in [-0.2, -0.15) is 0 Å². The van der Waals surface area contributed by atoms with E-state index in [-0.39, 0.29) is 27.4 Å². The lowest BCUT2D eigenvalue weighted by molar-refractivity contribution is 0.423. The van der Waals surface area contributed by atoms with E-state index in [4.69, 9.17) is 8.83 Å². The zero-order chi connectivity index (χ0) is 102. The molecule has 0 unspecified atom stereocenters. The summed E-state index contributed by atoms with van der Waals surface area (Å²) < 4.78 is 32.4. The molecule has 0 aliphatic heterocycles. The zero-order valence-corrected chi connectivity index (χ0v) is 88.9. The Balaban J connectivity index is 0.0000000945. The first-order valence-corrected chi connectivity index (χ1v) is 54.0. The van der Waals surface area contributed by atoms with Gasteiger partial charge < -0.3 is 36.2 Å². The number of furan rings is 2. The summed E-state index contributed by atoms with van der Waals surface area (Å²) in [6.07, 6.45) is 0. The predicted octanol–water partition coefficient (Wildman–Crippen LogP) is 40.8. The molecule has 30 aromatic rings. The first-order valence-electron chi connectivity index (χ1n) is 52.4. The van der Waals surface area contributed by atoms with Crippen LogP contribution in [0.15, 0.2) is 440 Å². The normalized spacial score (nSPS) is 12.5. The number of rotatable bonds is 5. The largest absolute Gasteiger partial charge is 0.456 e. The highest BCUT2D eigenvalue weighted by atomic mass is 32.1. The first kappa shape index (κ1) is 93.1. The Kier molecular flexibility index (Phi) is 22.0. The molecule has 8 nitrogen and oxygen atoms in total. The van der Waals surface area contributed by atoms with Crippen molar-refractivity contribution in [1.82, 2.24) is 27.4 Å². The van der Waals surface area contributed by atoms with Crippen LogP contribution in [0.3, 0.4) is 0 Å². The van der Waals surface area contributed by atoms with Crippen molar-refractivity contribution in [3.63, 3.8) is 0 Å². The summed E-state index contributed by atoms with van der Waals surface area (Å²) in [5.41, 5.74) is 30.4. The topological polar surface area (TPSA) is 55.9 Å². The quantitative estimate of drug-likeness (QED) is 0.172.